The van der Waals surface area contributed by atoms with Crippen molar-refractivity contribution >= 4 is 5.97 Å². The normalized spacial score (nSPS) is 13.3. The maximum atomic E-state index is 12.5. The Labute approximate surface area is 215 Å². The van der Waals surface area contributed by atoms with E-state index in [0.29, 0.717) is 0 Å². The number of carboxylic acids is 1. The number of rotatable bonds is 28. The molecule has 1 unspecified atom stereocenters. The van der Waals surface area contributed by atoms with Gasteiger partial charge in [0, 0.05) is 0 Å². The van der Waals surface area contributed by atoms with Crippen molar-refractivity contribution in [2.75, 3.05) is 0 Å². The van der Waals surface area contributed by atoms with Crippen LogP contribution in [0.3, 0.4) is 0 Å². The van der Waals surface area contributed by atoms with Crippen molar-refractivity contribution in [2.24, 2.45) is 5.41 Å². The van der Waals surface area contributed by atoms with E-state index in [1.165, 1.54) is 135 Å². The van der Waals surface area contributed by atoms with Crippen molar-refractivity contribution in [2.45, 2.75) is 194 Å². The lowest BCUT2D eigenvalue weighted by Crippen LogP contribution is -2.31. The predicted octanol–water partition coefficient (Wildman–Crippen LogP) is 11.6. The summed E-state index contributed by atoms with van der Waals surface area (Å²) < 4.78 is 0. The van der Waals surface area contributed by atoms with Gasteiger partial charge in [0.15, 0.2) is 0 Å². The highest BCUT2D eigenvalue weighted by molar-refractivity contribution is 5.74. The molecule has 1 N–H and O–H groups in total. The van der Waals surface area contributed by atoms with E-state index in [9.17, 15) is 9.90 Å². The van der Waals surface area contributed by atoms with Crippen LogP contribution in [0.4, 0.5) is 0 Å². The fraction of sp³-hybridized carbons (Fsp3) is 0.969. The Kier molecular flexibility index (Phi) is 25.2. The zero-order valence-corrected chi connectivity index (χ0v) is 23.9. The van der Waals surface area contributed by atoms with Gasteiger partial charge < -0.3 is 5.11 Å². The highest BCUT2D eigenvalue weighted by Gasteiger charge is 2.36. The van der Waals surface area contributed by atoms with Gasteiger partial charge in [0.2, 0.25) is 0 Å². The van der Waals surface area contributed by atoms with Crippen LogP contribution in [0.15, 0.2) is 0 Å². The summed E-state index contributed by atoms with van der Waals surface area (Å²) >= 11 is 0. The minimum absolute atomic E-state index is 0.451. The molecule has 34 heavy (non-hydrogen) atoms. The van der Waals surface area contributed by atoms with Gasteiger partial charge in [0.05, 0.1) is 5.41 Å². The molecule has 0 amide bonds. The molecule has 0 aliphatic rings. The fourth-order valence-corrected chi connectivity index (χ4v) is 5.49. The Morgan fingerprint density at radius 1 is 0.412 bits per heavy atom. The molecule has 0 spiro atoms. The van der Waals surface area contributed by atoms with Crippen molar-refractivity contribution < 1.29 is 9.90 Å². The van der Waals surface area contributed by atoms with Crippen molar-refractivity contribution in [1.29, 1.82) is 0 Å². The second-order valence-electron chi connectivity index (χ2n) is 11.3. The third kappa shape index (κ3) is 19.7. The molecule has 0 aromatic carbocycles. The first kappa shape index (κ1) is 33.5. The maximum absolute atomic E-state index is 12.5. The van der Waals surface area contributed by atoms with Crippen LogP contribution in [0.2, 0.25) is 0 Å². The van der Waals surface area contributed by atoms with Gasteiger partial charge in [-0.25, -0.2) is 0 Å². The molecule has 0 fully saturated rings. The Morgan fingerprint density at radius 2 is 0.618 bits per heavy atom. The van der Waals surface area contributed by atoms with Gasteiger partial charge in [-0.15, -0.1) is 0 Å². The van der Waals surface area contributed by atoms with Crippen LogP contribution in [0.1, 0.15) is 194 Å². The van der Waals surface area contributed by atoms with E-state index in [1.54, 1.807) is 0 Å². The molecular weight excluding hydrogens is 416 g/mol. The highest BCUT2D eigenvalue weighted by atomic mass is 16.4. The van der Waals surface area contributed by atoms with E-state index in [2.05, 4.69) is 20.8 Å². The second kappa shape index (κ2) is 25.6. The highest BCUT2D eigenvalue weighted by Crippen LogP contribution is 2.38. The summed E-state index contributed by atoms with van der Waals surface area (Å²) in [5.41, 5.74) is -0.451. The van der Waals surface area contributed by atoms with Crippen molar-refractivity contribution in [3.63, 3.8) is 0 Å². The summed E-state index contributed by atoms with van der Waals surface area (Å²) in [6.45, 7) is 6.80. The molecular formula is C32H64O2. The van der Waals surface area contributed by atoms with Crippen LogP contribution in [-0.2, 0) is 4.79 Å². The lowest BCUT2D eigenvalue weighted by molar-refractivity contribution is -0.150. The van der Waals surface area contributed by atoms with E-state index >= 15 is 0 Å². The lowest BCUT2D eigenvalue weighted by Gasteiger charge is -2.30. The molecule has 0 aromatic heterocycles. The SMILES string of the molecule is CCCCCCCCCCCCC(CCCCCCCC)(CCCCCCCCCC)C(=O)O. The quantitative estimate of drug-likeness (QED) is 0.113. The topological polar surface area (TPSA) is 37.3 Å². The summed E-state index contributed by atoms with van der Waals surface area (Å²) in [5.74, 6) is -0.500. The summed E-state index contributed by atoms with van der Waals surface area (Å²) in [6, 6.07) is 0. The van der Waals surface area contributed by atoms with Crippen LogP contribution in [0.5, 0.6) is 0 Å². The van der Waals surface area contributed by atoms with Gasteiger partial charge in [0.25, 0.3) is 0 Å². The van der Waals surface area contributed by atoms with E-state index in [1.807, 2.05) is 0 Å². The van der Waals surface area contributed by atoms with E-state index in [-0.39, 0.29) is 0 Å². The van der Waals surface area contributed by atoms with Crippen LogP contribution in [0, 0.1) is 5.41 Å². The Hall–Kier alpha value is -0.530. The molecule has 0 heterocycles. The van der Waals surface area contributed by atoms with Gasteiger partial charge in [-0.3, -0.25) is 4.79 Å². The molecule has 2 nitrogen and oxygen atoms in total. The van der Waals surface area contributed by atoms with Gasteiger partial charge in [0.1, 0.15) is 0 Å². The average molecular weight is 481 g/mol. The number of hydrogen-bond acceptors (Lipinski definition) is 1. The smallest absolute Gasteiger partial charge is 0.309 e. The van der Waals surface area contributed by atoms with Gasteiger partial charge in [-0.05, 0) is 19.3 Å². The van der Waals surface area contributed by atoms with Crippen molar-refractivity contribution in [3.8, 4) is 0 Å². The first-order chi connectivity index (χ1) is 16.6. The standard InChI is InChI=1S/C32H64O2/c1-4-7-10-13-16-18-19-21-24-27-30-32(31(33)34,28-25-22-15-12-9-6-3)29-26-23-20-17-14-11-8-5-2/h4-30H2,1-3H3,(H,33,34). The number of hydrogen-bond donors (Lipinski definition) is 1. The van der Waals surface area contributed by atoms with Crippen LogP contribution < -0.4 is 0 Å². The number of aliphatic carboxylic acids is 1. The zero-order valence-electron chi connectivity index (χ0n) is 23.9. The molecule has 0 aliphatic carbocycles. The molecule has 0 bridgehead atoms. The molecule has 204 valence electrons. The number of unbranched alkanes of at least 4 members (excludes halogenated alkanes) is 21. The summed E-state index contributed by atoms with van der Waals surface area (Å²) in [6.07, 6.45) is 33.7. The van der Waals surface area contributed by atoms with Crippen LogP contribution in [-0.4, -0.2) is 11.1 Å². The first-order valence-electron chi connectivity index (χ1n) is 15.9. The second-order valence-corrected chi connectivity index (χ2v) is 11.3. The third-order valence-corrected chi connectivity index (χ3v) is 7.98. The molecule has 0 aromatic rings. The molecule has 0 radical (unpaired) electrons. The minimum Gasteiger partial charge on any atom is -0.481 e. The Morgan fingerprint density at radius 3 is 0.824 bits per heavy atom. The number of carboxylic acid groups (broad SMARTS) is 1. The van der Waals surface area contributed by atoms with Gasteiger partial charge in [-0.1, -0.05) is 175 Å². The minimum atomic E-state index is -0.500. The molecule has 0 saturated heterocycles. The zero-order chi connectivity index (χ0) is 25.2. The molecule has 1 atom stereocenters. The Balaban J connectivity index is 4.37. The molecule has 2 heteroatoms. The molecule has 0 saturated carbocycles. The summed E-state index contributed by atoms with van der Waals surface area (Å²) in [7, 11) is 0. The average Bonchev–Trinajstić information content (AvgIpc) is 2.83. The van der Waals surface area contributed by atoms with Gasteiger partial charge >= 0.3 is 5.97 Å². The van der Waals surface area contributed by atoms with Crippen LogP contribution >= 0.6 is 0 Å². The summed E-state index contributed by atoms with van der Waals surface area (Å²) in [4.78, 5) is 12.5. The largest absolute Gasteiger partial charge is 0.481 e. The van der Waals surface area contributed by atoms with Crippen molar-refractivity contribution in [1.82, 2.24) is 0 Å². The van der Waals surface area contributed by atoms with Gasteiger partial charge in [-0.2, -0.15) is 0 Å². The fourth-order valence-electron chi connectivity index (χ4n) is 5.49. The van der Waals surface area contributed by atoms with Crippen LogP contribution in [0.25, 0.3) is 0 Å². The number of carbonyl (C=O) groups is 1. The van der Waals surface area contributed by atoms with E-state index in [4.69, 9.17) is 0 Å². The maximum Gasteiger partial charge on any atom is 0.309 e. The third-order valence-electron chi connectivity index (χ3n) is 7.98. The Bertz CT molecular complexity index is 419. The lowest BCUT2D eigenvalue weighted by atomic mass is 9.74. The van der Waals surface area contributed by atoms with E-state index < -0.39 is 11.4 Å². The predicted molar refractivity (Wildman–Crippen MR) is 152 cm³/mol. The van der Waals surface area contributed by atoms with Crippen molar-refractivity contribution in [3.05, 3.63) is 0 Å². The van der Waals surface area contributed by atoms with E-state index in [0.717, 1.165) is 38.5 Å². The monoisotopic (exact) mass is 480 g/mol. The summed E-state index contributed by atoms with van der Waals surface area (Å²) in [5, 5.41) is 10.3. The molecule has 0 aliphatic heterocycles. The molecule has 0 rings (SSSR count). The first-order valence-corrected chi connectivity index (χ1v) is 15.9.